The van der Waals surface area contributed by atoms with Gasteiger partial charge in [-0.1, -0.05) is 34.6 Å². The number of nitrogens with one attached hydrogen (secondary N) is 1. The van der Waals surface area contributed by atoms with E-state index in [4.69, 9.17) is 57.2 Å². The number of ether oxygens (including phenoxy) is 7. The topological polar surface area (TPSA) is 366 Å². The Hall–Kier alpha value is -7.00. The average Bonchev–Trinajstić information content (AvgIpc) is 1.53. The maximum atomic E-state index is 14.5. The predicted octanol–water partition coefficient (Wildman–Crippen LogP) is 6.93. The Balaban J connectivity index is 1.26. The van der Waals surface area contributed by atoms with Crippen LogP contribution in [-0.4, -0.2) is 175 Å². The molecule has 2 fully saturated rings. The van der Waals surface area contributed by atoms with Gasteiger partial charge in [-0.15, -0.1) is 0 Å². The number of phosphoric acid groups is 1. The molecule has 6 aliphatic heterocycles. The summed E-state index contributed by atoms with van der Waals surface area (Å²) in [6.07, 6.45) is -4.21. The number of hydrogen-bond acceptors (Lipinski definition) is 25. The lowest BCUT2D eigenvalue weighted by Gasteiger charge is -2.48. The molecule has 1 aromatic carbocycles. The lowest BCUT2D eigenvalue weighted by atomic mass is 9.55. The number of rotatable bonds is 26. The van der Waals surface area contributed by atoms with Crippen molar-refractivity contribution in [1.82, 2.24) is 14.9 Å². The van der Waals surface area contributed by atoms with Crippen LogP contribution in [0.4, 0.5) is 0 Å². The van der Waals surface area contributed by atoms with Gasteiger partial charge in [0.15, 0.2) is 6.23 Å². The maximum absolute atomic E-state index is 14.5. The van der Waals surface area contributed by atoms with E-state index in [0.29, 0.717) is 56.4 Å². The van der Waals surface area contributed by atoms with Crippen LogP contribution in [0.1, 0.15) is 150 Å². The summed E-state index contributed by atoms with van der Waals surface area (Å²) >= 11 is 0. The van der Waals surface area contributed by atoms with Crippen LogP contribution in [-0.2, 0) is 75.5 Å². The number of carbonyl (C=O) groups excluding carboxylic acids is 6. The first kappa shape index (κ1) is 74.8. The van der Waals surface area contributed by atoms with Crippen LogP contribution in [0.2, 0.25) is 0 Å². The Morgan fingerprint density at radius 1 is 0.771 bits per heavy atom. The molecule has 27 nitrogen and oxygen atoms in total. The molecule has 0 amide bonds. The second-order valence-electron chi connectivity index (χ2n) is 27.7. The SMILES string of the molecule is COC(=O)CC[C@@H]1/C2=C(\C)C3=N[C@@H]([C@H](CC(=O)OC)[C@@]3(C)CCC([O-])=NC[C@@H](C)OP(=O)(O)OC3[C@@H](O)[C@@H](n4cnc5cc(C)c(C)cc54)O[C@@H]3CO)[C@@]3(C)N=C(C(C)=C4N/C(=C\C(=N2)C1(C)C)[C@@H](CCC(=O)OC)[C@]4(C)CC(=O)OC)[C@@H](CCC(=O)OC)[C@]3(C)CC(=O)OC. The van der Waals surface area contributed by atoms with Gasteiger partial charge in [0.1, 0.15) is 18.3 Å². The molecule has 0 radical (unpaired) electrons. The lowest BCUT2D eigenvalue weighted by molar-refractivity contribution is -0.219. The first-order valence-electron chi connectivity index (χ1n) is 32.4. The predicted molar refractivity (Wildman–Crippen MR) is 350 cm³/mol. The van der Waals surface area contributed by atoms with Crippen LogP contribution >= 0.6 is 7.82 Å². The lowest BCUT2D eigenvalue weighted by Crippen LogP contribution is -2.55. The van der Waals surface area contributed by atoms with E-state index in [1.807, 2.05) is 87.4 Å². The van der Waals surface area contributed by atoms with Crippen molar-refractivity contribution in [1.29, 1.82) is 0 Å². The van der Waals surface area contributed by atoms with Crippen molar-refractivity contribution in [3.8, 4) is 0 Å². The normalized spacial score (nSPS) is 32.2. The number of carbonyl (C=O) groups is 6. The van der Waals surface area contributed by atoms with Gasteiger partial charge in [-0.3, -0.25) is 52.8 Å². The number of aryl methyl sites for hydroxylation is 2. The van der Waals surface area contributed by atoms with E-state index in [1.54, 1.807) is 4.57 Å². The van der Waals surface area contributed by atoms with Crippen LogP contribution < -0.4 is 10.4 Å². The molecule has 2 aromatic rings. The minimum absolute atomic E-state index is 0.0180. The summed E-state index contributed by atoms with van der Waals surface area (Å²) in [6, 6.07) is 2.69. The van der Waals surface area contributed by atoms with E-state index < -0.39 is 150 Å². The molecule has 0 saturated carbocycles. The van der Waals surface area contributed by atoms with E-state index in [2.05, 4.69) is 15.3 Å². The zero-order chi connectivity index (χ0) is 70.9. The molecule has 8 rings (SSSR count). The van der Waals surface area contributed by atoms with Crippen molar-refractivity contribution in [2.75, 3.05) is 55.8 Å². The Labute approximate surface area is 560 Å². The number of fused-ring (bicyclic) bond motifs is 7. The van der Waals surface area contributed by atoms with E-state index in [1.165, 1.54) is 55.9 Å². The van der Waals surface area contributed by atoms with Gasteiger partial charge in [-0.05, 0) is 120 Å². The molecule has 0 aliphatic carbocycles. The molecule has 7 heterocycles. The van der Waals surface area contributed by atoms with Crippen molar-refractivity contribution in [3.63, 3.8) is 0 Å². The van der Waals surface area contributed by atoms with Gasteiger partial charge < -0.3 is 68.2 Å². The molecular weight excluding hydrogens is 1270 g/mol. The summed E-state index contributed by atoms with van der Waals surface area (Å²) in [6.45, 7) is 19.4. The van der Waals surface area contributed by atoms with Gasteiger partial charge in [0, 0.05) is 98.8 Å². The van der Waals surface area contributed by atoms with Crippen LogP contribution in [0.15, 0.2) is 72.7 Å². The maximum Gasteiger partial charge on any atom is 0.472 e. The number of hydrogen-bond donors (Lipinski definition) is 4. The summed E-state index contributed by atoms with van der Waals surface area (Å²) in [5.41, 5.74) is 1.23. The molecule has 28 heteroatoms. The summed E-state index contributed by atoms with van der Waals surface area (Å²) in [5, 5.41) is 40.1. The standard InChI is InChI=1S/C68H96N7O20P/c1-35-26-45-46(27-36(35)2)75(34-70-45)63-58(84)59(47(33-76)93-63)95-96(85,86)94-37(3)32-69-49(77)24-25-65(8)43(28-53(81)90-15)62-68(11)67(10,31-55(83)92-17)42(20-23-52(80)89-14)57(74-68)39(5)61-66(9,30-54(82)91-16)40(18-21-50(78)87-12)44(71-61)29-48-64(6,7)41(19-22-51(79)88-13)56(72-48)38(4)60(65)73-62/h26-27,29,34,37,40-43,47,58-59,62-63,71,76,84H,18-25,28,30-33H2,1-17H3,(H,69,77)(H,85,86)/p-1/b44-29-,56-38-,61-39?/t37-,40-,41-,42-,43+,47-,58-,59?,62+,63+,65-,66+,67+,68-/m1/s1. The first-order chi connectivity index (χ1) is 45.1. The van der Waals surface area contributed by atoms with Gasteiger partial charge in [0.25, 0.3) is 0 Å². The molecule has 2 saturated heterocycles. The smallest absolute Gasteiger partial charge is 0.472 e. The fourth-order valence-corrected chi connectivity index (χ4v) is 16.8. The highest BCUT2D eigenvalue weighted by atomic mass is 31.2. The fraction of sp³-hybridized carbons (Fsp3) is 0.662. The van der Waals surface area contributed by atoms with Crippen LogP contribution in [0.25, 0.3) is 11.0 Å². The number of allylic oxidation sites excluding steroid dienone is 6. The highest BCUT2D eigenvalue weighted by Gasteiger charge is 2.67. The second kappa shape index (κ2) is 29.2. The summed E-state index contributed by atoms with van der Waals surface area (Å²) in [7, 11) is 2.59. The number of benzene rings is 1. The molecule has 6 aliphatic rings. The van der Waals surface area contributed by atoms with Gasteiger partial charge in [0.2, 0.25) is 0 Å². The van der Waals surface area contributed by atoms with Crippen LogP contribution in [0.5, 0.6) is 0 Å². The molecule has 96 heavy (non-hydrogen) atoms. The number of phosphoric ester groups is 1. The van der Waals surface area contributed by atoms with Crippen LogP contribution in [0.3, 0.4) is 0 Å². The Kier molecular flexibility index (Phi) is 22.8. The van der Waals surface area contributed by atoms with Crippen molar-refractivity contribution in [3.05, 3.63) is 63.9 Å². The number of imidazole rings is 1. The van der Waals surface area contributed by atoms with Crippen molar-refractivity contribution in [2.45, 2.75) is 189 Å². The summed E-state index contributed by atoms with van der Waals surface area (Å²) in [4.78, 5) is 119. The largest absolute Gasteiger partial charge is 0.862 e. The molecular formula is C68H95N7O20P-. The molecule has 0 spiro atoms. The van der Waals surface area contributed by atoms with Gasteiger partial charge >= 0.3 is 43.6 Å². The number of aliphatic hydroxyl groups excluding tert-OH is 2. The summed E-state index contributed by atoms with van der Waals surface area (Å²) in [5.74, 6) is -6.76. The molecule has 15 atom stereocenters. The number of aliphatic hydroxyl groups is 2. The minimum Gasteiger partial charge on any atom is -0.862 e. The quantitative estimate of drug-likeness (QED) is 0.0244. The number of esters is 6. The zero-order valence-corrected chi connectivity index (χ0v) is 59.1. The number of nitrogens with zero attached hydrogens (tertiary/aromatic N) is 6. The zero-order valence-electron chi connectivity index (χ0n) is 58.2. The van der Waals surface area contributed by atoms with Crippen LogP contribution in [0, 0.1) is 59.2 Å². The minimum atomic E-state index is -5.10. The summed E-state index contributed by atoms with van der Waals surface area (Å²) < 4.78 is 64.3. The molecule has 4 N–H and O–H groups in total. The fourth-order valence-electron chi connectivity index (χ4n) is 15.7. The molecule has 2 unspecified atom stereocenters. The van der Waals surface area contributed by atoms with E-state index in [-0.39, 0.29) is 70.6 Å². The van der Waals surface area contributed by atoms with E-state index in [9.17, 15) is 53.5 Å². The number of aliphatic imine (C=N–C) groups is 4. The average molecular weight is 1360 g/mol. The molecule has 8 bridgehead atoms. The van der Waals surface area contributed by atoms with Gasteiger partial charge in [-0.25, -0.2) is 9.55 Å². The van der Waals surface area contributed by atoms with Crippen molar-refractivity contribution in [2.24, 2.45) is 65.3 Å². The number of methoxy groups -OCH3 is 6. The van der Waals surface area contributed by atoms with Crippen molar-refractivity contribution < 1.29 is 95.8 Å². The first-order valence-corrected chi connectivity index (χ1v) is 33.9. The van der Waals surface area contributed by atoms with E-state index in [0.717, 1.165) is 11.1 Å². The third-order valence-electron chi connectivity index (χ3n) is 21.7. The monoisotopic (exact) mass is 1360 g/mol. The molecule has 1 aromatic heterocycles. The van der Waals surface area contributed by atoms with Crippen molar-refractivity contribution >= 4 is 77.7 Å². The van der Waals surface area contributed by atoms with Gasteiger partial charge in [0.05, 0.1) is 110 Å². The Bertz CT molecular complexity index is 3660. The van der Waals surface area contributed by atoms with Gasteiger partial charge in [-0.2, -0.15) is 0 Å². The molecule has 528 valence electrons. The second-order valence-corrected chi connectivity index (χ2v) is 29.0. The van der Waals surface area contributed by atoms with E-state index >= 15 is 0 Å². The third-order valence-corrected chi connectivity index (χ3v) is 22.8. The Morgan fingerprint density at radius 2 is 1.34 bits per heavy atom. The highest BCUT2D eigenvalue weighted by Crippen LogP contribution is 2.63. The Morgan fingerprint density at radius 3 is 1.94 bits per heavy atom. The third kappa shape index (κ3) is 14.3. The highest BCUT2D eigenvalue weighted by molar-refractivity contribution is 7.47. The number of aromatic nitrogens is 2.